The zero-order chi connectivity index (χ0) is 11.8. The van der Waals surface area contributed by atoms with Crippen LogP contribution in [0.1, 0.15) is 6.42 Å². The number of carbonyl (C=O) groups is 1. The molecule has 3 rings (SSSR count). The van der Waals surface area contributed by atoms with E-state index in [4.69, 9.17) is 9.47 Å². The average molecular weight is 234 g/mol. The molecule has 0 spiro atoms. The predicted molar refractivity (Wildman–Crippen MR) is 63.9 cm³/mol. The van der Waals surface area contributed by atoms with E-state index in [0.717, 1.165) is 17.1 Å². The molecule has 0 unspecified atom stereocenters. The van der Waals surface area contributed by atoms with Gasteiger partial charge < -0.3 is 19.7 Å². The van der Waals surface area contributed by atoms with Crippen molar-refractivity contribution in [2.24, 2.45) is 0 Å². The summed E-state index contributed by atoms with van der Waals surface area (Å²) in [6, 6.07) is 3.76. The molecule has 0 bridgehead atoms. The molecule has 1 aromatic rings. The van der Waals surface area contributed by atoms with Gasteiger partial charge in [0, 0.05) is 32.1 Å². The molecule has 1 amide bonds. The first-order valence-electron chi connectivity index (χ1n) is 5.70. The summed E-state index contributed by atoms with van der Waals surface area (Å²) >= 11 is 0. The summed E-state index contributed by atoms with van der Waals surface area (Å²) in [5, 5.41) is 3.24. The van der Waals surface area contributed by atoms with Crippen molar-refractivity contribution in [3.63, 3.8) is 0 Å². The van der Waals surface area contributed by atoms with Crippen LogP contribution in [-0.2, 0) is 4.79 Å². The Kier molecular flexibility index (Phi) is 2.31. The van der Waals surface area contributed by atoms with E-state index >= 15 is 0 Å². The number of benzene rings is 1. The van der Waals surface area contributed by atoms with Gasteiger partial charge >= 0.3 is 0 Å². The second kappa shape index (κ2) is 3.84. The molecule has 2 aliphatic heterocycles. The van der Waals surface area contributed by atoms with Crippen LogP contribution in [0.3, 0.4) is 0 Å². The first kappa shape index (κ1) is 10.3. The highest BCUT2D eigenvalue weighted by molar-refractivity contribution is 5.98. The van der Waals surface area contributed by atoms with E-state index in [1.54, 1.807) is 11.9 Å². The Balaban J connectivity index is 2.09. The van der Waals surface area contributed by atoms with Crippen molar-refractivity contribution in [3.05, 3.63) is 12.1 Å². The maximum absolute atomic E-state index is 11.8. The van der Waals surface area contributed by atoms with E-state index in [1.165, 1.54) is 0 Å². The van der Waals surface area contributed by atoms with E-state index in [1.807, 2.05) is 12.1 Å². The van der Waals surface area contributed by atoms with Crippen molar-refractivity contribution >= 4 is 17.3 Å². The van der Waals surface area contributed by atoms with E-state index < -0.39 is 0 Å². The normalized spacial score (nSPS) is 18.2. The molecule has 0 fully saturated rings. The summed E-state index contributed by atoms with van der Waals surface area (Å²) in [4.78, 5) is 13.4. The molecule has 17 heavy (non-hydrogen) atoms. The number of carbonyl (C=O) groups excluding carboxylic acids is 1. The topological polar surface area (TPSA) is 50.8 Å². The van der Waals surface area contributed by atoms with Gasteiger partial charge in [0.1, 0.15) is 13.2 Å². The molecule has 2 aliphatic rings. The number of amides is 1. The SMILES string of the molecule is CN1C(=O)CCNc2cc3c(cc21)OCCO3. The van der Waals surface area contributed by atoms with Gasteiger partial charge in [-0.25, -0.2) is 0 Å². The molecule has 1 aromatic carbocycles. The third-order valence-electron chi connectivity index (χ3n) is 3.05. The van der Waals surface area contributed by atoms with Crippen LogP contribution in [0.15, 0.2) is 12.1 Å². The summed E-state index contributed by atoms with van der Waals surface area (Å²) in [7, 11) is 1.78. The molecule has 0 saturated carbocycles. The number of rotatable bonds is 0. The number of fused-ring (bicyclic) bond motifs is 2. The molecule has 5 nitrogen and oxygen atoms in total. The average Bonchev–Trinajstić information content (AvgIpc) is 2.48. The minimum absolute atomic E-state index is 0.105. The highest BCUT2D eigenvalue weighted by atomic mass is 16.6. The van der Waals surface area contributed by atoms with Gasteiger partial charge in [-0.3, -0.25) is 4.79 Å². The first-order chi connectivity index (χ1) is 8.25. The predicted octanol–water partition coefficient (Wildman–Crippen LogP) is 1.24. The summed E-state index contributed by atoms with van der Waals surface area (Å²) < 4.78 is 11.0. The van der Waals surface area contributed by atoms with Crippen molar-refractivity contribution in [1.29, 1.82) is 0 Å². The molecule has 1 N–H and O–H groups in total. The fourth-order valence-corrected chi connectivity index (χ4v) is 2.10. The number of ether oxygens (including phenoxy) is 2. The Morgan fingerprint density at radius 2 is 1.94 bits per heavy atom. The summed E-state index contributed by atoms with van der Waals surface area (Å²) in [6.45, 7) is 1.77. The second-order valence-electron chi connectivity index (χ2n) is 4.14. The molecule has 0 radical (unpaired) electrons. The summed E-state index contributed by atoms with van der Waals surface area (Å²) in [5.74, 6) is 1.55. The minimum atomic E-state index is 0.105. The molecule has 0 aromatic heterocycles. The number of hydrogen-bond donors (Lipinski definition) is 1. The van der Waals surface area contributed by atoms with Gasteiger partial charge in [-0.05, 0) is 0 Å². The lowest BCUT2D eigenvalue weighted by molar-refractivity contribution is -0.118. The maximum Gasteiger partial charge on any atom is 0.228 e. The Labute approximate surface area is 99.3 Å². The molecular formula is C12H14N2O3. The zero-order valence-electron chi connectivity index (χ0n) is 9.66. The first-order valence-corrected chi connectivity index (χ1v) is 5.70. The largest absolute Gasteiger partial charge is 0.486 e. The Morgan fingerprint density at radius 3 is 2.71 bits per heavy atom. The highest BCUT2D eigenvalue weighted by Gasteiger charge is 2.22. The molecule has 0 atom stereocenters. The lowest BCUT2D eigenvalue weighted by Gasteiger charge is -2.23. The van der Waals surface area contributed by atoms with Gasteiger partial charge in [-0.15, -0.1) is 0 Å². The second-order valence-corrected chi connectivity index (χ2v) is 4.14. The van der Waals surface area contributed by atoms with Crippen LogP contribution in [0, 0.1) is 0 Å². The van der Waals surface area contributed by atoms with Crippen LogP contribution in [0.2, 0.25) is 0 Å². The minimum Gasteiger partial charge on any atom is -0.486 e. The van der Waals surface area contributed by atoms with Crippen LogP contribution in [0.5, 0.6) is 11.5 Å². The van der Waals surface area contributed by atoms with Crippen molar-refractivity contribution in [2.75, 3.05) is 37.0 Å². The summed E-state index contributed by atoms with van der Waals surface area (Å²) in [6.07, 6.45) is 0.498. The smallest absolute Gasteiger partial charge is 0.228 e. The van der Waals surface area contributed by atoms with E-state index in [-0.39, 0.29) is 5.91 Å². The van der Waals surface area contributed by atoms with Crippen molar-refractivity contribution in [3.8, 4) is 11.5 Å². The molecule has 5 heteroatoms. The standard InChI is InChI=1S/C12H14N2O3/c1-14-9-7-11-10(16-4-5-17-11)6-8(9)13-3-2-12(14)15/h6-7,13H,2-5H2,1H3. The van der Waals surface area contributed by atoms with Crippen LogP contribution in [0.25, 0.3) is 0 Å². The van der Waals surface area contributed by atoms with E-state index in [2.05, 4.69) is 5.32 Å². The Hall–Kier alpha value is -1.91. The van der Waals surface area contributed by atoms with Crippen LogP contribution in [0.4, 0.5) is 11.4 Å². The molecule has 90 valence electrons. The number of nitrogens with zero attached hydrogens (tertiary/aromatic N) is 1. The molecule has 0 saturated heterocycles. The Morgan fingerprint density at radius 1 is 1.24 bits per heavy atom. The number of nitrogens with one attached hydrogen (secondary N) is 1. The van der Waals surface area contributed by atoms with Crippen molar-refractivity contribution in [2.45, 2.75) is 6.42 Å². The maximum atomic E-state index is 11.8. The van der Waals surface area contributed by atoms with Crippen molar-refractivity contribution < 1.29 is 14.3 Å². The number of hydrogen-bond acceptors (Lipinski definition) is 4. The quantitative estimate of drug-likeness (QED) is 0.733. The lowest BCUT2D eigenvalue weighted by atomic mass is 10.2. The fraction of sp³-hybridized carbons (Fsp3) is 0.417. The molecule has 0 aliphatic carbocycles. The monoisotopic (exact) mass is 234 g/mol. The van der Waals surface area contributed by atoms with Gasteiger partial charge in [-0.1, -0.05) is 0 Å². The molecule has 2 heterocycles. The van der Waals surface area contributed by atoms with Gasteiger partial charge in [0.2, 0.25) is 5.91 Å². The number of anilines is 2. The van der Waals surface area contributed by atoms with Gasteiger partial charge in [0.25, 0.3) is 0 Å². The third kappa shape index (κ3) is 1.67. The highest BCUT2D eigenvalue weighted by Crippen LogP contribution is 2.40. The lowest BCUT2D eigenvalue weighted by Crippen LogP contribution is -2.25. The summed E-state index contributed by atoms with van der Waals surface area (Å²) in [5.41, 5.74) is 1.76. The molecular weight excluding hydrogens is 220 g/mol. The van der Waals surface area contributed by atoms with Crippen LogP contribution in [-0.4, -0.2) is 32.7 Å². The fourth-order valence-electron chi connectivity index (χ4n) is 2.10. The van der Waals surface area contributed by atoms with E-state index in [0.29, 0.717) is 31.9 Å². The third-order valence-corrected chi connectivity index (χ3v) is 3.05. The van der Waals surface area contributed by atoms with Gasteiger partial charge in [0.15, 0.2) is 11.5 Å². The van der Waals surface area contributed by atoms with Gasteiger partial charge in [0.05, 0.1) is 11.4 Å². The Bertz CT molecular complexity index is 473. The van der Waals surface area contributed by atoms with E-state index in [9.17, 15) is 4.79 Å². The van der Waals surface area contributed by atoms with Crippen LogP contribution < -0.4 is 19.7 Å². The van der Waals surface area contributed by atoms with Crippen LogP contribution >= 0.6 is 0 Å². The van der Waals surface area contributed by atoms with Gasteiger partial charge in [-0.2, -0.15) is 0 Å². The zero-order valence-corrected chi connectivity index (χ0v) is 9.66. The van der Waals surface area contributed by atoms with Crippen molar-refractivity contribution in [1.82, 2.24) is 0 Å².